The average molecular weight is 488 g/mol. The lowest BCUT2D eigenvalue weighted by Crippen LogP contribution is -2.32. The van der Waals surface area contributed by atoms with Crippen molar-refractivity contribution in [2.24, 2.45) is 0 Å². The van der Waals surface area contributed by atoms with Gasteiger partial charge in [-0.25, -0.2) is 18.3 Å². The Hall–Kier alpha value is -1.82. The molecule has 0 atom stereocenters. The van der Waals surface area contributed by atoms with Crippen molar-refractivity contribution in [3.05, 3.63) is 33.7 Å². The molecule has 12 heteroatoms. The van der Waals surface area contributed by atoms with E-state index in [1.54, 1.807) is 0 Å². The van der Waals surface area contributed by atoms with Crippen LogP contribution in [0.5, 0.6) is 0 Å². The van der Waals surface area contributed by atoms with E-state index in [1.807, 2.05) is 6.92 Å². The van der Waals surface area contributed by atoms with Crippen molar-refractivity contribution >= 4 is 45.0 Å². The van der Waals surface area contributed by atoms with Crippen LogP contribution in [0.1, 0.15) is 39.0 Å². The number of sulfonamides is 1. The number of aromatic amines is 1. The summed E-state index contributed by atoms with van der Waals surface area (Å²) in [6, 6.07) is 4.33. The molecule has 1 aromatic heterocycles. The number of hydrogen-bond donors (Lipinski definition) is 2. The molecule has 1 saturated heterocycles. The van der Waals surface area contributed by atoms with E-state index < -0.39 is 10.0 Å². The van der Waals surface area contributed by atoms with Gasteiger partial charge in [0.1, 0.15) is 0 Å². The summed E-state index contributed by atoms with van der Waals surface area (Å²) in [4.78, 5) is 24.3. The molecule has 0 bridgehead atoms. The number of hydrogen-bond acceptors (Lipinski definition) is 6. The number of anilines is 1. The topological polar surface area (TPSA) is 117 Å². The highest BCUT2D eigenvalue weighted by Crippen LogP contribution is 2.28. The van der Waals surface area contributed by atoms with Gasteiger partial charge in [-0.05, 0) is 37.5 Å². The van der Waals surface area contributed by atoms with Crippen molar-refractivity contribution in [2.75, 3.05) is 24.2 Å². The summed E-state index contributed by atoms with van der Waals surface area (Å²) in [6.45, 7) is 3.43. The Kier molecular flexibility index (Phi) is 8.20. The van der Waals surface area contributed by atoms with Crippen LogP contribution in [0.2, 0.25) is 5.02 Å². The van der Waals surface area contributed by atoms with Crippen LogP contribution in [0.25, 0.3) is 0 Å². The van der Waals surface area contributed by atoms with Gasteiger partial charge >= 0.3 is 5.69 Å². The molecule has 0 radical (unpaired) electrons. The normalized spacial score (nSPS) is 15.5. The number of amides is 1. The van der Waals surface area contributed by atoms with Crippen molar-refractivity contribution < 1.29 is 13.2 Å². The Bertz CT molecular complexity index is 1080. The van der Waals surface area contributed by atoms with Crippen molar-refractivity contribution in [1.29, 1.82) is 0 Å². The Labute approximate surface area is 190 Å². The Morgan fingerprint density at radius 1 is 1.26 bits per heavy atom. The van der Waals surface area contributed by atoms with Gasteiger partial charge in [0.25, 0.3) is 0 Å². The summed E-state index contributed by atoms with van der Waals surface area (Å²) in [5.74, 6) is -0.386. The Morgan fingerprint density at radius 2 is 1.97 bits per heavy atom. The molecule has 0 aliphatic carbocycles. The van der Waals surface area contributed by atoms with Crippen molar-refractivity contribution in [1.82, 2.24) is 19.1 Å². The van der Waals surface area contributed by atoms with E-state index in [1.165, 1.54) is 27.1 Å². The maximum atomic E-state index is 13.0. The smallest absolute Gasteiger partial charge is 0.324 e. The molecule has 2 heterocycles. The van der Waals surface area contributed by atoms with Gasteiger partial charge in [-0.1, -0.05) is 43.1 Å². The molecule has 31 heavy (non-hydrogen) atoms. The van der Waals surface area contributed by atoms with Crippen LogP contribution in [0.15, 0.2) is 33.0 Å². The molecule has 0 spiro atoms. The Balaban J connectivity index is 1.70. The van der Waals surface area contributed by atoms with E-state index in [2.05, 4.69) is 15.5 Å². The largest absolute Gasteiger partial charge is 0.343 e. The van der Waals surface area contributed by atoms with Gasteiger partial charge in [-0.3, -0.25) is 9.36 Å². The first-order chi connectivity index (χ1) is 14.8. The molecular formula is C19H26ClN5O4S2. The summed E-state index contributed by atoms with van der Waals surface area (Å²) in [7, 11) is -3.66. The fourth-order valence-electron chi connectivity index (χ4n) is 3.34. The monoisotopic (exact) mass is 487 g/mol. The summed E-state index contributed by atoms with van der Waals surface area (Å²) in [6.07, 6.45) is 4.47. The maximum absolute atomic E-state index is 13.0. The number of carbonyl (C=O) groups excluding carboxylic acids is 1. The molecule has 1 aliphatic rings. The van der Waals surface area contributed by atoms with E-state index in [4.69, 9.17) is 11.6 Å². The number of H-pyrrole nitrogens is 1. The molecule has 2 N–H and O–H groups in total. The molecule has 0 unspecified atom stereocenters. The summed E-state index contributed by atoms with van der Waals surface area (Å²) in [5.41, 5.74) is -0.0876. The fourth-order valence-corrected chi connectivity index (χ4v) is 5.82. The average Bonchev–Trinajstić information content (AvgIpc) is 2.94. The van der Waals surface area contributed by atoms with E-state index in [9.17, 15) is 18.0 Å². The second-order valence-corrected chi connectivity index (χ2v) is 10.5. The van der Waals surface area contributed by atoms with Crippen molar-refractivity contribution in [3.63, 3.8) is 0 Å². The first-order valence-electron chi connectivity index (χ1n) is 10.2. The van der Waals surface area contributed by atoms with E-state index >= 15 is 0 Å². The number of nitrogens with zero attached hydrogens (tertiary/aromatic N) is 3. The van der Waals surface area contributed by atoms with Crippen LogP contribution < -0.4 is 11.0 Å². The van der Waals surface area contributed by atoms with Crippen LogP contribution in [0.3, 0.4) is 0 Å². The van der Waals surface area contributed by atoms with E-state index in [0.29, 0.717) is 24.8 Å². The minimum atomic E-state index is -3.66. The number of nitrogens with one attached hydrogen (secondary N) is 2. The summed E-state index contributed by atoms with van der Waals surface area (Å²) in [5, 5.41) is 9.65. The van der Waals surface area contributed by atoms with Crippen molar-refractivity contribution in [2.45, 2.75) is 55.6 Å². The highest BCUT2D eigenvalue weighted by Gasteiger charge is 2.26. The SMILES string of the molecule is CCCn1c(SCC(=O)Nc2cc(S(=O)(=O)N3CCCCCC3)ccc2Cl)n[nH]c1=O. The number of thioether (sulfide) groups is 1. The van der Waals surface area contributed by atoms with Gasteiger partial charge < -0.3 is 5.32 Å². The van der Waals surface area contributed by atoms with Gasteiger partial charge in [0.2, 0.25) is 15.9 Å². The lowest BCUT2D eigenvalue weighted by Gasteiger charge is -2.20. The molecule has 3 rings (SSSR count). The van der Waals surface area contributed by atoms with E-state index in [-0.39, 0.29) is 33.0 Å². The standard InChI is InChI=1S/C19H26ClN5O4S2/c1-2-9-25-18(27)22-23-19(25)30-13-17(26)21-16-12-14(7-8-15(16)20)31(28,29)24-10-5-3-4-6-11-24/h7-8,12H,2-6,9-11,13H2,1H3,(H,21,26)(H,22,27). The lowest BCUT2D eigenvalue weighted by atomic mass is 10.2. The minimum Gasteiger partial charge on any atom is -0.324 e. The van der Waals surface area contributed by atoms with Crippen molar-refractivity contribution in [3.8, 4) is 0 Å². The highest BCUT2D eigenvalue weighted by molar-refractivity contribution is 7.99. The van der Waals surface area contributed by atoms with E-state index in [0.717, 1.165) is 43.9 Å². The molecule has 1 aromatic carbocycles. The highest BCUT2D eigenvalue weighted by atomic mass is 35.5. The second kappa shape index (κ2) is 10.7. The van der Waals surface area contributed by atoms with Crippen LogP contribution >= 0.6 is 23.4 Å². The molecule has 0 saturated carbocycles. The molecule has 9 nitrogen and oxygen atoms in total. The first kappa shape index (κ1) is 23.8. The number of carbonyl (C=O) groups is 1. The van der Waals surface area contributed by atoms with Crippen LogP contribution in [-0.2, 0) is 21.4 Å². The van der Waals surface area contributed by atoms with Gasteiger partial charge in [0.15, 0.2) is 5.16 Å². The third kappa shape index (κ3) is 5.91. The third-order valence-corrected chi connectivity index (χ3v) is 8.12. The van der Waals surface area contributed by atoms with Crippen LogP contribution in [0, 0.1) is 0 Å². The molecule has 170 valence electrons. The summed E-state index contributed by atoms with van der Waals surface area (Å²) >= 11 is 7.31. The Morgan fingerprint density at radius 3 is 2.65 bits per heavy atom. The van der Waals surface area contributed by atoms with Crippen LogP contribution in [0.4, 0.5) is 5.69 Å². The van der Waals surface area contributed by atoms with Gasteiger partial charge in [-0.2, -0.15) is 4.31 Å². The molecular weight excluding hydrogens is 462 g/mol. The number of benzene rings is 1. The molecule has 2 aromatic rings. The second-order valence-electron chi connectivity index (χ2n) is 7.26. The zero-order valence-electron chi connectivity index (χ0n) is 17.3. The zero-order chi connectivity index (χ0) is 22.4. The molecule has 1 amide bonds. The number of rotatable bonds is 8. The van der Waals surface area contributed by atoms with Gasteiger partial charge in [-0.15, -0.1) is 5.10 Å². The third-order valence-electron chi connectivity index (χ3n) is 4.92. The van der Waals surface area contributed by atoms with Crippen LogP contribution in [-0.4, -0.2) is 52.2 Å². The van der Waals surface area contributed by atoms with Gasteiger partial charge in [0.05, 0.1) is 21.4 Å². The maximum Gasteiger partial charge on any atom is 0.343 e. The minimum absolute atomic E-state index is 0.00651. The molecule has 1 fully saturated rings. The van der Waals surface area contributed by atoms with Gasteiger partial charge in [0, 0.05) is 19.6 Å². The lowest BCUT2D eigenvalue weighted by molar-refractivity contribution is -0.113. The predicted molar refractivity (Wildman–Crippen MR) is 121 cm³/mol. The molecule has 1 aliphatic heterocycles. The fraction of sp³-hybridized carbons (Fsp3) is 0.526. The predicted octanol–water partition coefficient (Wildman–Crippen LogP) is 2.93. The zero-order valence-corrected chi connectivity index (χ0v) is 19.7. The first-order valence-corrected chi connectivity index (χ1v) is 13.0. The number of aromatic nitrogens is 3. The quantitative estimate of drug-likeness (QED) is 0.553. The summed E-state index contributed by atoms with van der Waals surface area (Å²) < 4.78 is 29.0. The number of halogens is 1.